The highest BCUT2D eigenvalue weighted by Crippen LogP contribution is 2.41. The summed E-state index contributed by atoms with van der Waals surface area (Å²) in [4.78, 5) is 13.5. The van der Waals surface area contributed by atoms with E-state index < -0.39 is 0 Å². The molecule has 4 heteroatoms. The number of aliphatic hydroxyl groups excluding tert-OH is 1. The molecule has 0 unspecified atom stereocenters. The van der Waals surface area contributed by atoms with Crippen molar-refractivity contribution in [3.8, 4) is 11.8 Å². The first-order valence-electron chi connectivity index (χ1n) is 7.16. The van der Waals surface area contributed by atoms with Crippen molar-refractivity contribution in [2.75, 3.05) is 6.61 Å². The lowest BCUT2D eigenvalue weighted by molar-refractivity contribution is -0.131. The van der Waals surface area contributed by atoms with E-state index in [-0.39, 0.29) is 17.9 Å². The molecule has 0 spiro atoms. The zero-order valence-corrected chi connectivity index (χ0v) is 12.7. The highest BCUT2D eigenvalue weighted by Gasteiger charge is 2.39. The van der Waals surface area contributed by atoms with Crippen LogP contribution in [-0.4, -0.2) is 17.6 Å². The predicted octanol–water partition coefficient (Wildman–Crippen LogP) is 2.68. The van der Waals surface area contributed by atoms with Crippen LogP contribution in [-0.2, 0) is 11.3 Å². The second kappa shape index (κ2) is 6.92. The average molecular weight is 291 g/mol. The van der Waals surface area contributed by atoms with Gasteiger partial charge in [-0.1, -0.05) is 31.6 Å². The predicted molar refractivity (Wildman–Crippen MR) is 81.3 cm³/mol. The lowest BCUT2D eigenvalue weighted by Gasteiger charge is -2.25. The molecule has 1 saturated carbocycles. The monoisotopic (exact) mass is 291 g/mol. The molecule has 0 saturated heterocycles. The van der Waals surface area contributed by atoms with Crippen LogP contribution in [0.1, 0.15) is 49.5 Å². The van der Waals surface area contributed by atoms with Crippen LogP contribution in [0.25, 0.3) is 0 Å². The maximum atomic E-state index is 12.4. The van der Waals surface area contributed by atoms with Crippen LogP contribution < -0.4 is 5.32 Å². The Bertz CT molecular complexity index is 518. The van der Waals surface area contributed by atoms with Crippen molar-refractivity contribution in [3.05, 3.63) is 21.9 Å². The number of thiophene rings is 1. The molecule has 20 heavy (non-hydrogen) atoms. The normalized spacial score (nSPS) is 16.5. The first-order chi connectivity index (χ1) is 9.72. The minimum absolute atomic E-state index is 0.138. The Hall–Kier alpha value is -1.31. The Balaban J connectivity index is 1.98. The molecule has 108 valence electrons. The Labute approximate surface area is 124 Å². The molecule has 0 aromatic carbocycles. The third-order valence-corrected chi connectivity index (χ3v) is 5.10. The van der Waals surface area contributed by atoms with Crippen molar-refractivity contribution in [2.45, 2.75) is 45.6 Å². The third kappa shape index (κ3) is 3.23. The van der Waals surface area contributed by atoms with Crippen molar-refractivity contribution < 1.29 is 9.90 Å². The van der Waals surface area contributed by atoms with Crippen molar-refractivity contribution >= 4 is 17.2 Å². The summed E-state index contributed by atoms with van der Waals surface area (Å²) >= 11 is 1.59. The second-order valence-corrected chi connectivity index (χ2v) is 6.24. The summed E-state index contributed by atoms with van der Waals surface area (Å²) in [7, 11) is 0. The molecular formula is C16H21NO2S. The maximum absolute atomic E-state index is 12.4. The highest BCUT2D eigenvalue weighted by atomic mass is 32.1. The van der Waals surface area contributed by atoms with E-state index in [9.17, 15) is 4.79 Å². The smallest absolute Gasteiger partial charge is 0.226 e. The topological polar surface area (TPSA) is 49.3 Å². The molecule has 1 aromatic rings. The van der Waals surface area contributed by atoms with Gasteiger partial charge >= 0.3 is 0 Å². The van der Waals surface area contributed by atoms with Gasteiger partial charge < -0.3 is 10.4 Å². The van der Waals surface area contributed by atoms with Gasteiger partial charge in [-0.15, -0.1) is 11.3 Å². The Morgan fingerprint density at radius 1 is 1.50 bits per heavy atom. The summed E-state index contributed by atoms with van der Waals surface area (Å²) in [5.74, 6) is 5.76. The molecular weight excluding hydrogens is 270 g/mol. The van der Waals surface area contributed by atoms with Gasteiger partial charge in [0, 0.05) is 15.9 Å². The second-order valence-electron chi connectivity index (χ2n) is 5.24. The van der Waals surface area contributed by atoms with Crippen LogP contribution in [0.2, 0.25) is 0 Å². The van der Waals surface area contributed by atoms with Gasteiger partial charge in [-0.3, -0.25) is 4.79 Å². The van der Waals surface area contributed by atoms with Crippen molar-refractivity contribution in [1.29, 1.82) is 0 Å². The Kier molecular flexibility index (Phi) is 5.22. The fourth-order valence-electron chi connectivity index (χ4n) is 2.86. The van der Waals surface area contributed by atoms with Gasteiger partial charge in [0.2, 0.25) is 5.91 Å². The quantitative estimate of drug-likeness (QED) is 0.838. The van der Waals surface area contributed by atoms with Gasteiger partial charge in [-0.2, -0.15) is 0 Å². The molecule has 3 nitrogen and oxygen atoms in total. The molecule has 1 fully saturated rings. The zero-order valence-electron chi connectivity index (χ0n) is 11.9. The number of carbonyl (C=O) groups is 1. The molecule has 0 bridgehead atoms. The standard InChI is InChI=1S/C16H21NO2S/c1-2-16(8-3-4-9-16)15(19)17-12-14-13(6-5-10-18)7-11-20-14/h7,11,18H,2-4,8-10,12H2,1H3,(H,17,19). The highest BCUT2D eigenvalue weighted by molar-refractivity contribution is 7.10. The third-order valence-electron chi connectivity index (χ3n) is 4.18. The molecule has 2 N–H and O–H groups in total. The molecule has 2 rings (SSSR count). The number of aliphatic hydroxyl groups is 1. The fourth-order valence-corrected chi connectivity index (χ4v) is 3.63. The molecule has 1 heterocycles. The zero-order chi connectivity index (χ0) is 14.4. The van der Waals surface area contributed by atoms with Crippen molar-refractivity contribution in [2.24, 2.45) is 5.41 Å². The van der Waals surface area contributed by atoms with Crippen molar-refractivity contribution in [3.63, 3.8) is 0 Å². The fraction of sp³-hybridized carbons (Fsp3) is 0.562. The molecule has 1 aliphatic rings. The van der Waals surface area contributed by atoms with E-state index in [2.05, 4.69) is 24.1 Å². The lowest BCUT2D eigenvalue weighted by Crippen LogP contribution is -2.38. The number of nitrogens with one attached hydrogen (secondary N) is 1. The molecule has 0 atom stereocenters. The van der Waals surface area contributed by atoms with E-state index in [1.807, 2.05) is 11.4 Å². The number of carbonyl (C=O) groups excluding carboxylic acids is 1. The first-order valence-corrected chi connectivity index (χ1v) is 8.04. The minimum atomic E-state index is -0.145. The van der Waals surface area contributed by atoms with Gasteiger partial charge in [-0.05, 0) is 30.7 Å². The largest absolute Gasteiger partial charge is 0.384 e. The summed E-state index contributed by atoms with van der Waals surface area (Å²) < 4.78 is 0. The van der Waals surface area contributed by atoms with Crippen LogP contribution in [0.15, 0.2) is 11.4 Å². The average Bonchev–Trinajstić information content (AvgIpc) is 3.12. The number of hydrogen-bond acceptors (Lipinski definition) is 3. The Morgan fingerprint density at radius 3 is 2.90 bits per heavy atom. The van der Waals surface area contributed by atoms with Gasteiger partial charge in [0.15, 0.2) is 0 Å². The summed E-state index contributed by atoms with van der Waals surface area (Å²) in [5, 5.41) is 13.8. The summed E-state index contributed by atoms with van der Waals surface area (Å²) in [6, 6.07) is 1.93. The van der Waals surface area contributed by atoms with E-state index in [4.69, 9.17) is 5.11 Å². The van der Waals surface area contributed by atoms with Gasteiger partial charge in [-0.25, -0.2) is 0 Å². The van der Waals surface area contributed by atoms with Crippen LogP contribution in [0.4, 0.5) is 0 Å². The van der Waals surface area contributed by atoms with E-state index in [1.165, 1.54) is 0 Å². The molecule has 0 radical (unpaired) electrons. The van der Waals surface area contributed by atoms with Crippen LogP contribution in [0.3, 0.4) is 0 Å². The van der Waals surface area contributed by atoms with Crippen molar-refractivity contribution in [1.82, 2.24) is 5.32 Å². The molecule has 1 aromatic heterocycles. The van der Waals surface area contributed by atoms with E-state index in [0.29, 0.717) is 6.54 Å². The lowest BCUT2D eigenvalue weighted by atomic mass is 9.82. The summed E-state index contributed by atoms with van der Waals surface area (Å²) in [6.45, 7) is 2.50. The number of rotatable bonds is 4. The van der Waals surface area contributed by atoms with Crippen LogP contribution in [0.5, 0.6) is 0 Å². The van der Waals surface area contributed by atoms with Crippen LogP contribution >= 0.6 is 11.3 Å². The maximum Gasteiger partial charge on any atom is 0.226 e. The van der Waals surface area contributed by atoms with Gasteiger partial charge in [0.05, 0.1) is 6.54 Å². The molecule has 1 aliphatic carbocycles. The summed E-state index contributed by atoms with van der Waals surface area (Å²) in [6.07, 6.45) is 5.26. The number of amides is 1. The summed E-state index contributed by atoms with van der Waals surface area (Å²) in [5.41, 5.74) is 0.759. The van der Waals surface area contributed by atoms with E-state index in [1.54, 1.807) is 11.3 Å². The minimum Gasteiger partial charge on any atom is -0.384 e. The molecule has 1 amide bonds. The van der Waals surface area contributed by atoms with Crippen LogP contribution in [0, 0.1) is 17.3 Å². The van der Waals surface area contributed by atoms with Gasteiger partial charge in [0.1, 0.15) is 6.61 Å². The Morgan fingerprint density at radius 2 is 2.25 bits per heavy atom. The van der Waals surface area contributed by atoms with E-state index in [0.717, 1.165) is 42.5 Å². The number of hydrogen-bond donors (Lipinski definition) is 2. The van der Waals surface area contributed by atoms with E-state index >= 15 is 0 Å². The SMILES string of the molecule is CCC1(C(=O)NCc2sccc2C#CCO)CCCC1. The first kappa shape index (κ1) is 15.1. The molecule has 0 aliphatic heterocycles. The van der Waals surface area contributed by atoms with Gasteiger partial charge in [0.25, 0.3) is 0 Å².